The zero-order valence-electron chi connectivity index (χ0n) is 26.2. The molecule has 47 heavy (non-hydrogen) atoms. The summed E-state index contributed by atoms with van der Waals surface area (Å²) in [5, 5.41) is 20.7. The van der Waals surface area contributed by atoms with Crippen molar-refractivity contribution in [2.75, 3.05) is 0 Å². The third kappa shape index (κ3) is 9.75. The lowest BCUT2D eigenvalue weighted by molar-refractivity contribution is -0.141. The summed E-state index contributed by atoms with van der Waals surface area (Å²) in [6, 6.07) is 20.2. The Kier molecular flexibility index (Phi) is 11.8. The van der Waals surface area contributed by atoms with Crippen molar-refractivity contribution in [1.29, 1.82) is 0 Å². The van der Waals surface area contributed by atoms with Crippen LogP contribution in [0, 0.1) is 0 Å². The van der Waals surface area contributed by atoms with Gasteiger partial charge in [0.25, 0.3) is 0 Å². The van der Waals surface area contributed by atoms with Crippen molar-refractivity contribution in [3.05, 3.63) is 108 Å². The molecule has 0 fully saturated rings. The van der Waals surface area contributed by atoms with Gasteiger partial charge in [0, 0.05) is 29.9 Å². The number of hydrogen-bond donors (Lipinski definition) is 7. The summed E-state index contributed by atoms with van der Waals surface area (Å²) in [4.78, 5) is 67.7. The fourth-order valence-electron chi connectivity index (χ4n) is 5.08. The number of aliphatic carboxylic acids is 1. The number of rotatable bonds is 15. The first kappa shape index (κ1) is 34.4. The van der Waals surface area contributed by atoms with Crippen LogP contribution in [0.4, 0.5) is 0 Å². The van der Waals surface area contributed by atoms with E-state index in [1.807, 2.05) is 36.4 Å². The second-order valence-corrected chi connectivity index (χ2v) is 11.5. The van der Waals surface area contributed by atoms with Gasteiger partial charge >= 0.3 is 5.97 Å². The van der Waals surface area contributed by atoms with Gasteiger partial charge in [0.15, 0.2) is 0 Å². The monoisotopic (exact) mass is 640 g/mol. The maximum absolute atomic E-state index is 13.7. The number of fused-ring (bicyclic) bond motifs is 1. The number of benzene rings is 3. The van der Waals surface area contributed by atoms with E-state index in [2.05, 4.69) is 26.3 Å². The summed E-state index contributed by atoms with van der Waals surface area (Å²) < 4.78 is 0. The molecule has 0 aliphatic carbocycles. The first-order valence-corrected chi connectivity index (χ1v) is 15.3. The summed E-state index contributed by atoms with van der Waals surface area (Å²) in [7, 11) is 0. The van der Waals surface area contributed by atoms with Crippen molar-refractivity contribution in [1.82, 2.24) is 26.3 Å². The molecule has 0 aliphatic rings. The highest BCUT2D eigenvalue weighted by atomic mass is 16.4. The maximum Gasteiger partial charge on any atom is 0.325 e. The molecule has 0 radical (unpaired) electrons. The molecule has 0 bridgehead atoms. The zero-order chi connectivity index (χ0) is 33.9. The number of H-pyrrole nitrogens is 1. The normalized spacial score (nSPS) is 14.2. The van der Waals surface area contributed by atoms with Crippen molar-refractivity contribution < 1.29 is 29.1 Å². The second kappa shape index (κ2) is 16.2. The number of amides is 4. The van der Waals surface area contributed by atoms with E-state index in [1.54, 1.807) is 54.7 Å². The van der Waals surface area contributed by atoms with Crippen LogP contribution in [0.2, 0.25) is 0 Å². The number of carbonyl (C=O) groups is 5. The van der Waals surface area contributed by atoms with E-state index in [0.717, 1.165) is 27.6 Å². The predicted octanol–water partition coefficient (Wildman–Crippen LogP) is 1.59. The second-order valence-electron chi connectivity index (χ2n) is 11.5. The fourth-order valence-corrected chi connectivity index (χ4v) is 5.08. The van der Waals surface area contributed by atoms with E-state index >= 15 is 0 Å². The number of carbonyl (C=O) groups excluding carboxylic acids is 4. The average molecular weight is 641 g/mol. The van der Waals surface area contributed by atoms with Gasteiger partial charge in [-0.2, -0.15) is 0 Å². The number of para-hydroxylation sites is 1. The number of aromatic nitrogens is 1. The van der Waals surface area contributed by atoms with E-state index in [0.29, 0.717) is 0 Å². The number of carboxylic acid groups (broad SMARTS) is 1. The lowest BCUT2D eigenvalue weighted by atomic mass is 10.0. The molecule has 12 nitrogen and oxygen atoms in total. The third-order valence-electron chi connectivity index (χ3n) is 7.76. The highest BCUT2D eigenvalue weighted by Gasteiger charge is 2.30. The zero-order valence-corrected chi connectivity index (χ0v) is 26.2. The highest BCUT2D eigenvalue weighted by Crippen LogP contribution is 2.19. The average Bonchev–Trinajstić information content (AvgIpc) is 3.47. The van der Waals surface area contributed by atoms with Crippen LogP contribution in [0.15, 0.2) is 91.1 Å². The minimum atomic E-state index is -1.23. The Hall–Kier alpha value is -5.49. The number of nitrogens with two attached hydrogens (primary N) is 1. The van der Waals surface area contributed by atoms with Gasteiger partial charge < -0.3 is 37.1 Å². The van der Waals surface area contributed by atoms with E-state index in [4.69, 9.17) is 5.73 Å². The van der Waals surface area contributed by atoms with Gasteiger partial charge in [-0.25, -0.2) is 0 Å². The van der Waals surface area contributed by atoms with Gasteiger partial charge in [-0.1, -0.05) is 78.9 Å². The Balaban J connectivity index is 1.45. The topological polar surface area (TPSA) is 196 Å². The highest BCUT2D eigenvalue weighted by molar-refractivity contribution is 5.95. The van der Waals surface area contributed by atoms with Crippen LogP contribution in [0.25, 0.3) is 10.9 Å². The van der Waals surface area contributed by atoms with E-state index in [1.165, 1.54) is 13.8 Å². The van der Waals surface area contributed by atoms with Crippen LogP contribution >= 0.6 is 0 Å². The van der Waals surface area contributed by atoms with Crippen LogP contribution in [-0.4, -0.2) is 69.9 Å². The molecule has 4 amide bonds. The number of hydrogen-bond acceptors (Lipinski definition) is 6. The predicted molar refractivity (Wildman–Crippen MR) is 177 cm³/mol. The minimum Gasteiger partial charge on any atom is -0.480 e. The van der Waals surface area contributed by atoms with Crippen molar-refractivity contribution in [2.24, 2.45) is 5.73 Å². The Labute approximate surface area is 272 Å². The molecule has 8 N–H and O–H groups in total. The van der Waals surface area contributed by atoms with E-state index in [-0.39, 0.29) is 19.3 Å². The maximum atomic E-state index is 13.7. The number of aromatic amines is 1. The summed E-state index contributed by atoms with van der Waals surface area (Å²) >= 11 is 0. The van der Waals surface area contributed by atoms with Crippen LogP contribution in [-0.2, 0) is 43.2 Å². The fraction of sp³-hybridized carbons (Fsp3) is 0.286. The van der Waals surface area contributed by atoms with Gasteiger partial charge in [0.1, 0.15) is 24.2 Å². The number of carboxylic acids is 1. The molecule has 0 spiro atoms. The van der Waals surface area contributed by atoms with Gasteiger partial charge in [-0.15, -0.1) is 0 Å². The molecule has 4 aromatic rings. The molecule has 1 heterocycles. The molecule has 0 saturated carbocycles. The molecule has 12 heteroatoms. The molecular formula is C35H40N6O6. The van der Waals surface area contributed by atoms with Gasteiger partial charge in [0.05, 0.1) is 6.04 Å². The van der Waals surface area contributed by atoms with Crippen LogP contribution < -0.4 is 27.0 Å². The van der Waals surface area contributed by atoms with Crippen LogP contribution in [0.5, 0.6) is 0 Å². The Bertz CT molecular complexity index is 1690. The lowest BCUT2D eigenvalue weighted by Crippen LogP contribution is -2.58. The van der Waals surface area contributed by atoms with Crippen LogP contribution in [0.3, 0.4) is 0 Å². The summed E-state index contributed by atoms with van der Waals surface area (Å²) in [5.74, 6) is -3.73. The first-order chi connectivity index (χ1) is 22.5. The van der Waals surface area contributed by atoms with Crippen molar-refractivity contribution in [3.63, 3.8) is 0 Å². The quantitative estimate of drug-likeness (QED) is 0.102. The van der Waals surface area contributed by atoms with Crippen molar-refractivity contribution >= 4 is 40.5 Å². The molecule has 5 atom stereocenters. The van der Waals surface area contributed by atoms with Gasteiger partial charge in [-0.3, -0.25) is 24.0 Å². The van der Waals surface area contributed by atoms with Crippen molar-refractivity contribution in [2.45, 2.75) is 63.3 Å². The largest absolute Gasteiger partial charge is 0.480 e. The first-order valence-electron chi connectivity index (χ1n) is 15.3. The van der Waals surface area contributed by atoms with E-state index in [9.17, 15) is 29.1 Å². The molecule has 4 rings (SSSR count). The molecule has 0 aliphatic heterocycles. The SMILES string of the molecule is C[C@@H](NC(=O)[C@@H](Cc1ccccc1)NC(=O)[C@@H](Cc1ccccc1)NC(=O)[C@@H](C)NC(=O)[C@H](N)Cc1c[nH]c2ccccc12)C(=O)O. The summed E-state index contributed by atoms with van der Waals surface area (Å²) in [6.07, 6.45) is 2.21. The van der Waals surface area contributed by atoms with Crippen molar-refractivity contribution in [3.8, 4) is 0 Å². The van der Waals surface area contributed by atoms with E-state index < -0.39 is 59.8 Å². The molecule has 1 aromatic heterocycles. The minimum absolute atomic E-state index is 0.0809. The molecule has 3 aromatic carbocycles. The lowest BCUT2D eigenvalue weighted by Gasteiger charge is -2.25. The summed E-state index contributed by atoms with van der Waals surface area (Å²) in [6.45, 7) is 2.81. The third-order valence-corrected chi connectivity index (χ3v) is 7.76. The van der Waals surface area contributed by atoms with Crippen LogP contribution in [0.1, 0.15) is 30.5 Å². The molecule has 0 unspecified atom stereocenters. The molecule has 0 saturated heterocycles. The summed E-state index contributed by atoms with van der Waals surface area (Å²) in [5.41, 5.74) is 9.47. The molecule has 246 valence electrons. The Morgan fingerprint density at radius 3 is 1.70 bits per heavy atom. The standard InChI is InChI=1S/C35H40N6O6/c1-21(38-32(43)27(36)19-25-20-37-28-16-10-9-15-26(25)28)31(42)40-30(18-24-13-7-4-8-14-24)34(45)41-29(17-23-11-5-3-6-12-23)33(44)39-22(2)35(46)47/h3-16,20-22,27,29-30,37H,17-19,36H2,1-2H3,(H,38,43)(H,39,44)(H,40,42)(H,41,45)(H,46,47)/t21-,22-,27-,29-,30-/m1/s1. The number of nitrogens with one attached hydrogen (secondary N) is 5. The molecular weight excluding hydrogens is 600 g/mol. The van der Waals surface area contributed by atoms with Gasteiger partial charge in [0.2, 0.25) is 23.6 Å². The van der Waals surface area contributed by atoms with Gasteiger partial charge in [-0.05, 0) is 43.0 Å². The Morgan fingerprint density at radius 1 is 0.638 bits per heavy atom. The smallest absolute Gasteiger partial charge is 0.325 e. The Morgan fingerprint density at radius 2 is 1.13 bits per heavy atom.